The van der Waals surface area contributed by atoms with Crippen molar-refractivity contribution in [3.05, 3.63) is 0 Å². The number of epoxide rings is 1. The molecule has 0 aromatic rings. The Morgan fingerprint density at radius 1 is 0.762 bits per heavy atom. The maximum atomic E-state index is 10.3. The van der Waals surface area contributed by atoms with Gasteiger partial charge in [0.1, 0.15) is 0 Å². The number of ether oxygens (including phenoxy) is 1. The fourth-order valence-corrected chi connectivity index (χ4v) is 2.83. The van der Waals surface area contributed by atoms with Gasteiger partial charge in [0, 0.05) is 6.42 Å². The second-order valence-corrected chi connectivity index (χ2v) is 6.48. The zero-order valence-corrected chi connectivity index (χ0v) is 13.7. The third-order valence-electron chi connectivity index (χ3n) is 4.32. The molecule has 1 aliphatic heterocycles. The number of hydrogen-bond donors (Lipinski definition) is 1. The Bertz CT molecular complexity index is 249. The summed E-state index contributed by atoms with van der Waals surface area (Å²) < 4.78 is 5.21. The molecule has 21 heavy (non-hydrogen) atoms. The molecule has 3 heteroatoms. The lowest BCUT2D eigenvalue weighted by molar-refractivity contribution is -0.137. The van der Waals surface area contributed by atoms with Gasteiger partial charge in [0.15, 0.2) is 0 Å². The summed E-state index contributed by atoms with van der Waals surface area (Å²) in [6, 6.07) is 0. The van der Waals surface area contributed by atoms with Gasteiger partial charge in [0.05, 0.1) is 12.7 Å². The summed E-state index contributed by atoms with van der Waals surface area (Å²) in [4.78, 5) is 10.3. The van der Waals surface area contributed by atoms with Gasteiger partial charge in [-0.2, -0.15) is 0 Å². The largest absolute Gasteiger partial charge is 0.481 e. The van der Waals surface area contributed by atoms with Gasteiger partial charge >= 0.3 is 5.97 Å². The van der Waals surface area contributed by atoms with Crippen molar-refractivity contribution >= 4 is 5.97 Å². The van der Waals surface area contributed by atoms with Gasteiger partial charge in [-0.15, -0.1) is 0 Å². The summed E-state index contributed by atoms with van der Waals surface area (Å²) in [5.74, 6) is -0.657. The number of carboxylic acid groups (broad SMARTS) is 1. The maximum absolute atomic E-state index is 10.3. The molecule has 1 rings (SSSR count). The predicted molar refractivity (Wildman–Crippen MR) is 86.6 cm³/mol. The van der Waals surface area contributed by atoms with E-state index in [-0.39, 0.29) is 0 Å². The SMILES string of the molecule is O=C(O)CCCCCCCCCCCCCCCC1CO1. The molecule has 0 spiro atoms. The first kappa shape index (κ1) is 18.5. The lowest BCUT2D eigenvalue weighted by Crippen LogP contribution is -1.93. The number of aliphatic carboxylic acids is 1. The first-order valence-corrected chi connectivity index (χ1v) is 9.12. The molecule has 0 radical (unpaired) electrons. The molecular formula is C18H34O3. The molecule has 0 bridgehead atoms. The van der Waals surface area contributed by atoms with Gasteiger partial charge < -0.3 is 9.84 Å². The number of carboxylic acids is 1. The van der Waals surface area contributed by atoms with Crippen LogP contribution in [0.4, 0.5) is 0 Å². The summed E-state index contributed by atoms with van der Waals surface area (Å²) in [5.41, 5.74) is 0. The highest BCUT2D eigenvalue weighted by Gasteiger charge is 2.20. The first-order chi connectivity index (χ1) is 10.3. The molecule has 0 aromatic carbocycles. The van der Waals surface area contributed by atoms with E-state index in [1.807, 2.05) is 0 Å². The van der Waals surface area contributed by atoms with Crippen LogP contribution in [0.1, 0.15) is 96.3 Å². The molecule has 1 aliphatic rings. The molecule has 0 saturated carbocycles. The normalized spacial score (nSPS) is 17.0. The maximum Gasteiger partial charge on any atom is 0.303 e. The quantitative estimate of drug-likeness (QED) is 0.310. The van der Waals surface area contributed by atoms with Crippen molar-refractivity contribution in [1.29, 1.82) is 0 Å². The minimum Gasteiger partial charge on any atom is -0.481 e. The van der Waals surface area contributed by atoms with Gasteiger partial charge in [-0.05, 0) is 12.8 Å². The second-order valence-electron chi connectivity index (χ2n) is 6.48. The fraction of sp³-hybridized carbons (Fsp3) is 0.944. The van der Waals surface area contributed by atoms with Crippen molar-refractivity contribution in [3.8, 4) is 0 Å². The van der Waals surface area contributed by atoms with Gasteiger partial charge in [-0.25, -0.2) is 0 Å². The van der Waals surface area contributed by atoms with E-state index in [1.54, 1.807) is 0 Å². The highest BCUT2D eigenvalue weighted by molar-refractivity contribution is 5.66. The van der Waals surface area contributed by atoms with Crippen molar-refractivity contribution in [3.63, 3.8) is 0 Å². The van der Waals surface area contributed by atoms with Crippen LogP contribution in [-0.2, 0) is 9.53 Å². The molecule has 1 heterocycles. The average Bonchev–Trinajstić information content (AvgIpc) is 3.27. The third kappa shape index (κ3) is 14.1. The Balaban J connectivity index is 1.62. The van der Waals surface area contributed by atoms with E-state index in [1.165, 1.54) is 77.0 Å². The average molecular weight is 298 g/mol. The highest BCUT2D eigenvalue weighted by atomic mass is 16.6. The smallest absolute Gasteiger partial charge is 0.303 e. The van der Waals surface area contributed by atoms with Gasteiger partial charge in [0.2, 0.25) is 0 Å². The van der Waals surface area contributed by atoms with Crippen LogP contribution >= 0.6 is 0 Å². The van der Waals surface area contributed by atoms with Crippen LogP contribution < -0.4 is 0 Å². The van der Waals surface area contributed by atoms with Crippen LogP contribution in [-0.4, -0.2) is 23.8 Å². The van der Waals surface area contributed by atoms with Gasteiger partial charge in [0.25, 0.3) is 0 Å². The standard InChI is InChI=1S/C18H34O3/c19-18(20)15-13-11-9-7-5-3-1-2-4-6-8-10-12-14-17-16-21-17/h17H,1-16H2,(H,19,20). The number of rotatable bonds is 16. The molecule has 1 atom stereocenters. The number of carbonyl (C=O) groups is 1. The van der Waals surface area contributed by atoms with Crippen molar-refractivity contribution in [2.75, 3.05) is 6.61 Å². The second kappa shape index (κ2) is 13.1. The van der Waals surface area contributed by atoms with E-state index in [9.17, 15) is 4.79 Å². The molecular weight excluding hydrogens is 264 g/mol. The van der Waals surface area contributed by atoms with Crippen LogP contribution in [0.25, 0.3) is 0 Å². The third-order valence-corrected chi connectivity index (χ3v) is 4.32. The molecule has 124 valence electrons. The van der Waals surface area contributed by atoms with E-state index in [0.29, 0.717) is 12.5 Å². The van der Waals surface area contributed by atoms with Gasteiger partial charge in [-0.3, -0.25) is 4.79 Å². The molecule has 1 fully saturated rings. The number of unbranched alkanes of at least 4 members (excludes halogenated alkanes) is 12. The molecule has 0 amide bonds. The minimum atomic E-state index is -0.657. The Morgan fingerprint density at radius 3 is 1.52 bits per heavy atom. The van der Waals surface area contributed by atoms with Gasteiger partial charge in [-0.1, -0.05) is 77.0 Å². The number of hydrogen-bond acceptors (Lipinski definition) is 2. The van der Waals surface area contributed by atoms with Crippen molar-refractivity contribution in [2.45, 2.75) is 102 Å². The molecule has 1 unspecified atom stereocenters. The Morgan fingerprint density at radius 2 is 1.14 bits per heavy atom. The molecule has 1 N–H and O–H groups in total. The Labute approximate surface area is 130 Å². The van der Waals surface area contributed by atoms with Crippen LogP contribution in [0.5, 0.6) is 0 Å². The molecule has 3 nitrogen and oxygen atoms in total. The van der Waals surface area contributed by atoms with Crippen molar-refractivity contribution < 1.29 is 14.6 Å². The molecule has 1 saturated heterocycles. The summed E-state index contributed by atoms with van der Waals surface area (Å²) in [6.07, 6.45) is 19.1. The monoisotopic (exact) mass is 298 g/mol. The summed E-state index contributed by atoms with van der Waals surface area (Å²) in [6.45, 7) is 1.01. The van der Waals surface area contributed by atoms with Crippen molar-refractivity contribution in [2.24, 2.45) is 0 Å². The van der Waals surface area contributed by atoms with E-state index >= 15 is 0 Å². The topological polar surface area (TPSA) is 49.8 Å². The Kier molecular flexibility index (Phi) is 11.5. The summed E-state index contributed by atoms with van der Waals surface area (Å²) in [5, 5.41) is 8.53. The summed E-state index contributed by atoms with van der Waals surface area (Å²) >= 11 is 0. The zero-order valence-electron chi connectivity index (χ0n) is 13.7. The van der Waals surface area contributed by atoms with Crippen LogP contribution in [0, 0.1) is 0 Å². The lowest BCUT2D eigenvalue weighted by Gasteiger charge is -2.03. The molecule has 0 aliphatic carbocycles. The molecule has 0 aromatic heterocycles. The highest BCUT2D eigenvalue weighted by Crippen LogP contribution is 2.18. The minimum absolute atomic E-state index is 0.341. The summed E-state index contributed by atoms with van der Waals surface area (Å²) in [7, 11) is 0. The van der Waals surface area contributed by atoms with E-state index in [0.717, 1.165) is 19.4 Å². The van der Waals surface area contributed by atoms with E-state index < -0.39 is 5.97 Å². The van der Waals surface area contributed by atoms with Crippen LogP contribution in [0.3, 0.4) is 0 Å². The zero-order chi connectivity index (χ0) is 15.2. The first-order valence-electron chi connectivity index (χ1n) is 9.12. The Hall–Kier alpha value is -0.570. The van der Waals surface area contributed by atoms with E-state index in [2.05, 4.69) is 0 Å². The van der Waals surface area contributed by atoms with Crippen LogP contribution in [0.2, 0.25) is 0 Å². The fourth-order valence-electron chi connectivity index (χ4n) is 2.83. The van der Waals surface area contributed by atoms with E-state index in [4.69, 9.17) is 9.84 Å². The lowest BCUT2D eigenvalue weighted by atomic mass is 10.0. The van der Waals surface area contributed by atoms with Crippen LogP contribution in [0.15, 0.2) is 0 Å². The predicted octanol–water partition coefficient (Wildman–Crippen LogP) is 5.32. The van der Waals surface area contributed by atoms with Crippen molar-refractivity contribution in [1.82, 2.24) is 0 Å².